The Morgan fingerprint density at radius 3 is 2.55 bits per heavy atom. The van der Waals surface area contributed by atoms with Gasteiger partial charge in [0, 0.05) is 6.54 Å². The number of rotatable bonds is 4. The SMILES string of the molecule is O=C(NCc1ccc2c(c1)OCCO2)C(F)(F)C(F)F. The summed E-state index contributed by atoms with van der Waals surface area (Å²) in [7, 11) is 0. The van der Waals surface area contributed by atoms with Gasteiger partial charge in [0.05, 0.1) is 0 Å². The van der Waals surface area contributed by atoms with E-state index in [0.717, 1.165) is 0 Å². The summed E-state index contributed by atoms with van der Waals surface area (Å²) in [4.78, 5) is 11.0. The van der Waals surface area contributed by atoms with E-state index in [1.807, 2.05) is 0 Å². The van der Waals surface area contributed by atoms with Crippen LogP contribution < -0.4 is 14.8 Å². The van der Waals surface area contributed by atoms with Crippen molar-refractivity contribution in [3.63, 3.8) is 0 Å². The lowest BCUT2D eigenvalue weighted by atomic mass is 10.2. The fourth-order valence-corrected chi connectivity index (χ4v) is 1.60. The Hall–Kier alpha value is -1.99. The molecule has 1 aliphatic heterocycles. The Morgan fingerprint density at radius 2 is 1.90 bits per heavy atom. The van der Waals surface area contributed by atoms with Crippen molar-refractivity contribution in [1.29, 1.82) is 0 Å². The van der Waals surface area contributed by atoms with E-state index < -0.39 is 18.3 Å². The summed E-state index contributed by atoms with van der Waals surface area (Å²) in [5, 5.41) is 1.76. The number of alkyl halides is 4. The van der Waals surface area contributed by atoms with E-state index in [1.165, 1.54) is 12.1 Å². The Labute approximate surface area is 111 Å². The molecule has 110 valence electrons. The van der Waals surface area contributed by atoms with Gasteiger partial charge in [-0.25, -0.2) is 8.78 Å². The second-order valence-electron chi connectivity index (χ2n) is 4.08. The van der Waals surface area contributed by atoms with Crippen LogP contribution in [0.1, 0.15) is 5.56 Å². The molecular formula is C12H11F4NO3. The zero-order valence-electron chi connectivity index (χ0n) is 10.2. The maximum Gasteiger partial charge on any atom is 0.383 e. The van der Waals surface area contributed by atoms with E-state index in [-0.39, 0.29) is 6.54 Å². The Kier molecular flexibility index (Phi) is 4.01. The van der Waals surface area contributed by atoms with Crippen molar-refractivity contribution in [2.45, 2.75) is 18.9 Å². The van der Waals surface area contributed by atoms with Crippen molar-refractivity contribution in [2.24, 2.45) is 0 Å². The minimum Gasteiger partial charge on any atom is -0.486 e. The third-order valence-electron chi connectivity index (χ3n) is 2.64. The third kappa shape index (κ3) is 2.94. The summed E-state index contributed by atoms with van der Waals surface area (Å²) < 4.78 is 59.9. The third-order valence-corrected chi connectivity index (χ3v) is 2.64. The van der Waals surface area contributed by atoms with Crippen molar-refractivity contribution < 1.29 is 31.8 Å². The van der Waals surface area contributed by atoms with Crippen LogP contribution in [0.4, 0.5) is 17.6 Å². The van der Waals surface area contributed by atoms with Gasteiger partial charge in [0.15, 0.2) is 11.5 Å². The van der Waals surface area contributed by atoms with Crippen molar-refractivity contribution in [1.82, 2.24) is 5.32 Å². The summed E-state index contributed by atoms with van der Waals surface area (Å²) in [6, 6.07) is 4.57. The molecule has 4 nitrogen and oxygen atoms in total. The quantitative estimate of drug-likeness (QED) is 0.863. The highest BCUT2D eigenvalue weighted by atomic mass is 19.3. The molecule has 1 aliphatic rings. The number of benzene rings is 1. The fourth-order valence-electron chi connectivity index (χ4n) is 1.60. The van der Waals surface area contributed by atoms with Gasteiger partial charge < -0.3 is 14.8 Å². The highest BCUT2D eigenvalue weighted by Gasteiger charge is 2.48. The van der Waals surface area contributed by atoms with Crippen molar-refractivity contribution in [3.05, 3.63) is 23.8 Å². The standard InChI is InChI=1S/C12H11F4NO3/c13-10(14)12(15,16)11(18)17-6-7-1-2-8-9(5-7)20-4-3-19-8/h1-2,5,10H,3-4,6H2,(H,17,18). The van der Waals surface area contributed by atoms with Gasteiger partial charge in [-0.3, -0.25) is 4.79 Å². The molecule has 2 rings (SSSR count). The highest BCUT2D eigenvalue weighted by Crippen LogP contribution is 2.30. The van der Waals surface area contributed by atoms with Crippen molar-refractivity contribution in [2.75, 3.05) is 13.2 Å². The van der Waals surface area contributed by atoms with Crippen LogP contribution in [0.5, 0.6) is 11.5 Å². The molecule has 0 fully saturated rings. The van der Waals surface area contributed by atoms with Gasteiger partial charge in [-0.2, -0.15) is 8.78 Å². The highest BCUT2D eigenvalue weighted by molar-refractivity contribution is 5.83. The molecule has 1 aromatic rings. The number of hydrogen-bond donors (Lipinski definition) is 1. The topological polar surface area (TPSA) is 47.6 Å². The van der Waals surface area contributed by atoms with Crippen LogP contribution in [0.3, 0.4) is 0 Å². The Bertz CT molecular complexity index is 507. The molecule has 1 N–H and O–H groups in total. The van der Waals surface area contributed by atoms with Gasteiger partial charge in [0.1, 0.15) is 13.2 Å². The van der Waals surface area contributed by atoms with Gasteiger partial charge >= 0.3 is 12.3 Å². The fraction of sp³-hybridized carbons (Fsp3) is 0.417. The summed E-state index contributed by atoms with van der Waals surface area (Å²) in [5.74, 6) is -5.79. The monoisotopic (exact) mass is 293 g/mol. The van der Waals surface area contributed by atoms with E-state index in [2.05, 4.69) is 0 Å². The van der Waals surface area contributed by atoms with Crippen LogP contribution in [-0.4, -0.2) is 31.5 Å². The van der Waals surface area contributed by atoms with Crippen LogP contribution in [0.15, 0.2) is 18.2 Å². The number of carbonyl (C=O) groups is 1. The number of ether oxygens (including phenoxy) is 2. The van der Waals surface area contributed by atoms with Gasteiger partial charge in [-0.05, 0) is 17.7 Å². The molecule has 0 saturated carbocycles. The second kappa shape index (κ2) is 5.56. The maximum absolute atomic E-state index is 12.7. The molecule has 8 heteroatoms. The molecule has 0 aliphatic carbocycles. The summed E-state index contributed by atoms with van der Waals surface area (Å²) in [6.07, 6.45) is -4.04. The smallest absolute Gasteiger partial charge is 0.383 e. The Balaban J connectivity index is 1.99. The molecule has 0 aromatic heterocycles. The molecule has 0 bridgehead atoms. The predicted octanol–water partition coefficient (Wildman–Crippen LogP) is 1.97. The first kappa shape index (κ1) is 14.4. The minimum absolute atomic E-state index is 0.308. The Morgan fingerprint density at radius 1 is 1.25 bits per heavy atom. The zero-order valence-corrected chi connectivity index (χ0v) is 10.2. The van der Waals surface area contributed by atoms with Crippen LogP contribution >= 0.6 is 0 Å². The normalized spacial score (nSPS) is 14.2. The summed E-state index contributed by atoms with van der Waals surface area (Å²) in [5.41, 5.74) is 0.438. The van der Waals surface area contributed by atoms with Crippen LogP contribution in [-0.2, 0) is 11.3 Å². The summed E-state index contributed by atoms with van der Waals surface area (Å²) in [6.45, 7) is 0.452. The number of amides is 1. The largest absolute Gasteiger partial charge is 0.486 e. The minimum atomic E-state index is -4.70. The first-order valence-corrected chi connectivity index (χ1v) is 5.74. The van der Waals surface area contributed by atoms with Crippen molar-refractivity contribution in [3.8, 4) is 11.5 Å². The average molecular weight is 293 g/mol. The first-order valence-electron chi connectivity index (χ1n) is 5.74. The lowest BCUT2D eigenvalue weighted by Gasteiger charge is -2.19. The molecule has 20 heavy (non-hydrogen) atoms. The van der Waals surface area contributed by atoms with E-state index in [4.69, 9.17) is 9.47 Å². The molecular weight excluding hydrogens is 282 g/mol. The van der Waals surface area contributed by atoms with E-state index in [0.29, 0.717) is 30.3 Å². The van der Waals surface area contributed by atoms with E-state index in [9.17, 15) is 22.4 Å². The number of nitrogens with one attached hydrogen (secondary N) is 1. The first-order chi connectivity index (χ1) is 9.41. The van der Waals surface area contributed by atoms with E-state index in [1.54, 1.807) is 11.4 Å². The molecule has 0 atom stereocenters. The maximum atomic E-state index is 12.7. The van der Waals surface area contributed by atoms with E-state index >= 15 is 0 Å². The number of carbonyl (C=O) groups excluding carboxylic acids is 1. The van der Waals surface area contributed by atoms with Gasteiger partial charge in [0.2, 0.25) is 0 Å². The number of hydrogen-bond acceptors (Lipinski definition) is 3. The average Bonchev–Trinajstić information content (AvgIpc) is 2.44. The van der Waals surface area contributed by atoms with Gasteiger partial charge in [-0.15, -0.1) is 0 Å². The molecule has 0 saturated heterocycles. The molecule has 1 heterocycles. The zero-order chi connectivity index (χ0) is 14.8. The molecule has 0 unspecified atom stereocenters. The summed E-state index contributed by atoms with van der Waals surface area (Å²) >= 11 is 0. The van der Waals surface area contributed by atoms with Gasteiger partial charge in [-0.1, -0.05) is 6.07 Å². The molecule has 1 amide bonds. The van der Waals surface area contributed by atoms with Crippen LogP contribution in [0, 0.1) is 0 Å². The lowest BCUT2D eigenvalue weighted by Crippen LogP contribution is -2.44. The van der Waals surface area contributed by atoms with Gasteiger partial charge in [0.25, 0.3) is 5.91 Å². The lowest BCUT2D eigenvalue weighted by molar-refractivity contribution is -0.169. The molecule has 0 radical (unpaired) electrons. The number of halogens is 4. The number of fused-ring (bicyclic) bond motifs is 1. The van der Waals surface area contributed by atoms with Crippen molar-refractivity contribution >= 4 is 5.91 Å². The van der Waals surface area contributed by atoms with Crippen LogP contribution in [0.2, 0.25) is 0 Å². The molecule has 0 spiro atoms. The second-order valence-corrected chi connectivity index (χ2v) is 4.08. The van der Waals surface area contributed by atoms with Crippen LogP contribution in [0.25, 0.3) is 0 Å². The predicted molar refractivity (Wildman–Crippen MR) is 60.2 cm³/mol. The molecule has 1 aromatic carbocycles.